The van der Waals surface area contributed by atoms with Crippen LogP contribution in [0.15, 0.2) is 21.2 Å². The summed E-state index contributed by atoms with van der Waals surface area (Å²) in [6, 6.07) is 2.23. The zero-order chi connectivity index (χ0) is 15.3. The van der Waals surface area contributed by atoms with E-state index in [-0.39, 0.29) is 11.6 Å². The van der Waals surface area contributed by atoms with Crippen molar-refractivity contribution in [3.63, 3.8) is 0 Å². The Bertz CT molecular complexity index is 428. The lowest BCUT2D eigenvalue weighted by Gasteiger charge is -2.47. The van der Waals surface area contributed by atoms with Crippen LogP contribution in [-0.4, -0.2) is 30.1 Å². The summed E-state index contributed by atoms with van der Waals surface area (Å²) in [6.45, 7) is 10.3. The van der Waals surface area contributed by atoms with Gasteiger partial charge >= 0.3 is 0 Å². The maximum absolute atomic E-state index is 5.83. The van der Waals surface area contributed by atoms with Crippen molar-refractivity contribution < 1.29 is 4.42 Å². The van der Waals surface area contributed by atoms with E-state index in [1.165, 1.54) is 32.4 Å². The minimum Gasteiger partial charge on any atom is -0.466 e. The second-order valence-corrected chi connectivity index (χ2v) is 7.13. The van der Waals surface area contributed by atoms with Crippen LogP contribution in [0.1, 0.15) is 64.7 Å². The molecule has 0 aliphatic carbocycles. The Balaban J connectivity index is 2.29. The van der Waals surface area contributed by atoms with Crippen molar-refractivity contribution in [2.45, 2.75) is 64.5 Å². The highest BCUT2D eigenvalue weighted by atomic mass is 79.9. The molecule has 1 aromatic rings. The molecule has 0 radical (unpaired) electrons. The second kappa shape index (κ2) is 7.80. The van der Waals surface area contributed by atoms with Crippen LogP contribution in [0.25, 0.3) is 0 Å². The summed E-state index contributed by atoms with van der Waals surface area (Å²) < 4.78 is 6.90. The molecule has 1 saturated heterocycles. The minimum atomic E-state index is 0.0932. The Morgan fingerprint density at radius 3 is 2.57 bits per heavy atom. The molecule has 2 unspecified atom stereocenters. The normalized spacial score (nSPS) is 21.1. The van der Waals surface area contributed by atoms with Crippen molar-refractivity contribution in [1.82, 2.24) is 10.2 Å². The largest absolute Gasteiger partial charge is 0.466 e. The third kappa shape index (κ3) is 3.72. The molecule has 21 heavy (non-hydrogen) atoms. The Hall–Kier alpha value is -0.320. The molecule has 0 aromatic carbocycles. The average molecular weight is 357 g/mol. The van der Waals surface area contributed by atoms with Gasteiger partial charge in [0.15, 0.2) is 0 Å². The summed E-state index contributed by atoms with van der Waals surface area (Å²) in [6.07, 6.45) is 8.03. The van der Waals surface area contributed by atoms with Gasteiger partial charge in [-0.15, -0.1) is 0 Å². The summed E-state index contributed by atoms with van der Waals surface area (Å²) in [5, 5.41) is 3.74. The van der Waals surface area contributed by atoms with E-state index in [0.29, 0.717) is 0 Å². The fourth-order valence-electron chi connectivity index (χ4n) is 3.41. The lowest BCUT2D eigenvalue weighted by molar-refractivity contribution is 0.0354. The highest BCUT2D eigenvalue weighted by molar-refractivity contribution is 9.10. The lowest BCUT2D eigenvalue weighted by Crippen LogP contribution is -2.56. The maximum atomic E-state index is 5.83. The van der Waals surface area contributed by atoms with Crippen molar-refractivity contribution in [3.05, 3.63) is 22.6 Å². The van der Waals surface area contributed by atoms with Crippen molar-refractivity contribution in [3.8, 4) is 0 Å². The second-order valence-electron chi connectivity index (χ2n) is 6.28. The monoisotopic (exact) mass is 356 g/mol. The maximum Gasteiger partial charge on any atom is 0.136 e. The van der Waals surface area contributed by atoms with Crippen molar-refractivity contribution in [1.29, 1.82) is 0 Å². The Morgan fingerprint density at radius 2 is 2.05 bits per heavy atom. The van der Waals surface area contributed by atoms with Gasteiger partial charge in [-0.2, -0.15) is 0 Å². The van der Waals surface area contributed by atoms with E-state index in [1.807, 2.05) is 6.07 Å². The number of nitrogens with one attached hydrogen (secondary N) is 1. The smallest absolute Gasteiger partial charge is 0.136 e. The molecule has 3 nitrogen and oxygen atoms in total. The molecular formula is C17H29BrN2O. The van der Waals surface area contributed by atoms with Gasteiger partial charge < -0.3 is 9.73 Å². The van der Waals surface area contributed by atoms with Gasteiger partial charge in [0, 0.05) is 5.54 Å². The molecule has 1 aliphatic heterocycles. The molecule has 0 saturated carbocycles. The molecule has 1 fully saturated rings. The van der Waals surface area contributed by atoms with Gasteiger partial charge in [-0.1, -0.05) is 20.3 Å². The molecular weight excluding hydrogens is 328 g/mol. The average Bonchev–Trinajstić information content (AvgIpc) is 2.94. The predicted octanol–water partition coefficient (Wildman–Crippen LogP) is 4.74. The summed E-state index contributed by atoms with van der Waals surface area (Å²) in [5.74, 6) is 1.04. The van der Waals surface area contributed by atoms with Crippen molar-refractivity contribution >= 4 is 15.9 Å². The molecule has 1 N–H and O–H groups in total. The molecule has 2 rings (SSSR count). The summed E-state index contributed by atoms with van der Waals surface area (Å²) >= 11 is 3.65. The van der Waals surface area contributed by atoms with Crippen molar-refractivity contribution in [2.75, 3.05) is 19.6 Å². The van der Waals surface area contributed by atoms with E-state index in [9.17, 15) is 0 Å². The van der Waals surface area contributed by atoms with Crippen LogP contribution >= 0.6 is 15.9 Å². The van der Waals surface area contributed by atoms with E-state index >= 15 is 0 Å². The standard InChI is InChI=1S/C17H29BrN2O/c1-4-10-19-16(15-14(18)9-13-21-15)17(3,5-2)20-11-7-6-8-12-20/h9,13,16,19H,4-8,10-12H2,1-3H3. The first-order valence-corrected chi connectivity index (χ1v) is 9.14. The van der Waals surface area contributed by atoms with Crippen LogP contribution in [0.3, 0.4) is 0 Å². The van der Waals surface area contributed by atoms with E-state index in [2.05, 4.69) is 46.9 Å². The Morgan fingerprint density at radius 1 is 1.33 bits per heavy atom. The number of likely N-dealkylation sites (tertiary alicyclic amines) is 1. The molecule has 2 atom stereocenters. The zero-order valence-electron chi connectivity index (χ0n) is 13.6. The van der Waals surface area contributed by atoms with Gasteiger partial charge in [-0.25, -0.2) is 0 Å². The third-order valence-corrected chi connectivity index (χ3v) is 5.58. The summed E-state index contributed by atoms with van der Waals surface area (Å²) in [7, 11) is 0. The first-order valence-electron chi connectivity index (χ1n) is 8.34. The molecule has 0 spiro atoms. The van der Waals surface area contributed by atoms with Crippen LogP contribution in [0.5, 0.6) is 0 Å². The molecule has 1 aliphatic rings. The van der Waals surface area contributed by atoms with E-state index < -0.39 is 0 Å². The van der Waals surface area contributed by atoms with E-state index in [0.717, 1.165) is 29.6 Å². The van der Waals surface area contributed by atoms with Crippen LogP contribution in [0.4, 0.5) is 0 Å². The fourth-order valence-corrected chi connectivity index (χ4v) is 3.84. The number of rotatable bonds is 7. The van der Waals surface area contributed by atoms with Crippen LogP contribution < -0.4 is 5.32 Å². The highest BCUT2D eigenvalue weighted by Crippen LogP contribution is 2.39. The van der Waals surface area contributed by atoms with Crippen LogP contribution in [0, 0.1) is 0 Å². The van der Waals surface area contributed by atoms with E-state index in [4.69, 9.17) is 4.42 Å². The fraction of sp³-hybridized carbons (Fsp3) is 0.765. The summed E-state index contributed by atoms with van der Waals surface area (Å²) in [4.78, 5) is 2.67. The topological polar surface area (TPSA) is 28.4 Å². The quantitative estimate of drug-likeness (QED) is 0.764. The number of piperidine rings is 1. The van der Waals surface area contributed by atoms with Gasteiger partial charge in [0.2, 0.25) is 0 Å². The zero-order valence-corrected chi connectivity index (χ0v) is 15.2. The van der Waals surface area contributed by atoms with Gasteiger partial charge in [0.1, 0.15) is 5.76 Å². The highest BCUT2D eigenvalue weighted by Gasteiger charge is 2.41. The van der Waals surface area contributed by atoms with Gasteiger partial charge in [-0.3, -0.25) is 4.90 Å². The predicted molar refractivity (Wildman–Crippen MR) is 91.6 cm³/mol. The first kappa shape index (κ1) is 17.0. The van der Waals surface area contributed by atoms with Gasteiger partial charge in [0.05, 0.1) is 16.8 Å². The number of hydrogen-bond acceptors (Lipinski definition) is 3. The number of halogens is 1. The van der Waals surface area contributed by atoms with E-state index in [1.54, 1.807) is 6.26 Å². The summed E-state index contributed by atoms with van der Waals surface area (Å²) in [5.41, 5.74) is 0.0932. The van der Waals surface area contributed by atoms with Gasteiger partial charge in [0.25, 0.3) is 0 Å². The minimum absolute atomic E-state index is 0.0932. The van der Waals surface area contributed by atoms with Crippen LogP contribution in [0.2, 0.25) is 0 Å². The molecule has 0 bridgehead atoms. The Labute approximate surface area is 137 Å². The number of nitrogens with zero attached hydrogens (tertiary/aromatic N) is 1. The molecule has 2 heterocycles. The van der Waals surface area contributed by atoms with Gasteiger partial charge in [-0.05, 0) is 74.2 Å². The number of furan rings is 1. The Kier molecular flexibility index (Phi) is 6.33. The molecule has 4 heteroatoms. The van der Waals surface area contributed by atoms with Crippen molar-refractivity contribution in [2.24, 2.45) is 0 Å². The van der Waals surface area contributed by atoms with Crippen LogP contribution in [-0.2, 0) is 0 Å². The SMILES string of the molecule is CCCNC(c1occc1Br)C(C)(CC)N1CCCCC1. The molecule has 120 valence electrons. The number of hydrogen-bond donors (Lipinski definition) is 1. The first-order chi connectivity index (χ1) is 10.1. The third-order valence-electron chi connectivity index (χ3n) is 4.92. The lowest BCUT2D eigenvalue weighted by atomic mass is 9.84. The molecule has 1 aromatic heterocycles. The molecule has 0 amide bonds.